The lowest BCUT2D eigenvalue weighted by Gasteiger charge is -2.27. The summed E-state index contributed by atoms with van der Waals surface area (Å²) in [5.74, 6) is 0.597. The summed E-state index contributed by atoms with van der Waals surface area (Å²) in [5, 5.41) is 0. The predicted molar refractivity (Wildman–Crippen MR) is 128 cm³/mol. The van der Waals surface area contributed by atoms with E-state index in [1.54, 1.807) is 24.3 Å². The second-order valence-corrected chi connectivity index (χ2v) is 10.8. The topological polar surface area (TPSA) is 59.1 Å². The maximum Gasteiger partial charge on any atom is 0.243 e. The van der Waals surface area contributed by atoms with Gasteiger partial charge in [0.15, 0.2) is 0 Å². The molecule has 0 bridgehead atoms. The van der Waals surface area contributed by atoms with Gasteiger partial charge in [0, 0.05) is 0 Å². The second kappa shape index (κ2) is 8.96. The zero-order chi connectivity index (χ0) is 22.8. The molecule has 0 amide bonds. The van der Waals surface area contributed by atoms with Crippen molar-refractivity contribution in [3.05, 3.63) is 90.0 Å². The van der Waals surface area contributed by atoms with Crippen LogP contribution in [-0.4, -0.2) is 27.7 Å². The van der Waals surface area contributed by atoms with Crippen molar-refractivity contribution >= 4 is 21.4 Å². The normalized spacial score (nSPS) is 15.9. The fraction of sp³-hybridized carbons (Fsp3) is 0.308. The zero-order valence-electron chi connectivity index (χ0n) is 18.7. The van der Waals surface area contributed by atoms with Crippen molar-refractivity contribution in [3.8, 4) is 5.75 Å². The largest absolute Gasteiger partial charge is 0.491 e. The first-order chi connectivity index (χ1) is 15.2. The molecular formula is C26H29NO4S. The average Bonchev–Trinajstić information content (AvgIpc) is 3.58. The minimum Gasteiger partial charge on any atom is -0.491 e. The molecule has 1 atom stereocenters. The van der Waals surface area contributed by atoms with Gasteiger partial charge in [-0.05, 0) is 52.9 Å². The van der Waals surface area contributed by atoms with E-state index in [2.05, 4.69) is 20.8 Å². The molecule has 0 aromatic heterocycles. The molecule has 1 aliphatic heterocycles. The number of sulfonamides is 1. The number of hydrogen-bond donors (Lipinski definition) is 0. The minimum absolute atomic E-state index is 0.0907. The van der Waals surface area contributed by atoms with Crippen LogP contribution in [0.15, 0.2) is 78.9 Å². The van der Waals surface area contributed by atoms with Crippen LogP contribution < -0.4 is 9.04 Å². The highest BCUT2D eigenvalue weighted by Crippen LogP contribution is 2.34. The molecule has 0 N–H and O–H groups in total. The Morgan fingerprint density at radius 3 is 2.12 bits per heavy atom. The van der Waals surface area contributed by atoms with Gasteiger partial charge in [0.05, 0.1) is 23.7 Å². The second-order valence-electron chi connectivity index (χ2n) is 9.02. The van der Waals surface area contributed by atoms with Crippen LogP contribution in [0, 0.1) is 0 Å². The monoisotopic (exact) mass is 451 g/mol. The van der Waals surface area contributed by atoms with Gasteiger partial charge in [0.1, 0.15) is 18.5 Å². The molecule has 3 aromatic carbocycles. The Bertz CT molecular complexity index is 1150. The molecule has 0 spiro atoms. The van der Waals surface area contributed by atoms with E-state index in [9.17, 15) is 8.42 Å². The molecule has 1 unspecified atom stereocenters. The number of ether oxygens (including phenoxy) is 2. The first-order valence-corrected chi connectivity index (χ1v) is 12.4. The SMILES string of the molecule is CC(C)(C)c1ccccc1CS(=O)(=O)N(c1ccccc1)c1ccc(OCC2CO2)cc1. The molecular weight excluding hydrogens is 422 g/mol. The number of anilines is 2. The molecule has 168 valence electrons. The van der Waals surface area contributed by atoms with Crippen LogP contribution in [0.25, 0.3) is 0 Å². The van der Waals surface area contributed by atoms with Crippen LogP contribution in [0.3, 0.4) is 0 Å². The number of benzene rings is 3. The summed E-state index contributed by atoms with van der Waals surface area (Å²) in [4.78, 5) is 0. The summed E-state index contributed by atoms with van der Waals surface area (Å²) in [6, 6.07) is 24.1. The number of hydrogen-bond acceptors (Lipinski definition) is 4. The van der Waals surface area contributed by atoms with Crippen molar-refractivity contribution in [2.45, 2.75) is 38.0 Å². The van der Waals surface area contributed by atoms with Gasteiger partial charge in [-0.3, -0.25) is 0 Å². The third-order valence-electron chi connectivity index (χ3n) is 5.34. The van der Waals surface area contributed by atoms with Crippen molar-refractivity contribution in [1.29, 1.82) is 0 Å². The van der Waals surface area contributed by atoms with Gasteiger partial charge in [-0.25, -0.2) is 12.7 Å². The van der Waals surface area contributed by atoms with Gasteiger partial charge in [-0.15, -0.1) is 0 Å². The van der Waals surface area contributed by atoms with Gasteiger partial charge in [-0.2, -0.15) is 0 Å². The first-order valence-electron chi connectivity index (χ1n) is 10.7. The highest BCUT2D eigenvalue weighted by molar-refractivity contribution is 7.92. The third kappa shape index (κ3) is 5.31. The van der Waals surface area contributed by atoms with Crippen molar-refractivity contribution in [2.24, 2.45) is 0 Å². The van der Waals surface area contributed by atoms with E-state index in [0.29, 0.717) is 23.7 Å². The van der Waals surface area contributed by atoms with E-state index < -0.39 is 10.0 Å². The summed E-state index contributed by atoms with van der Waals surface area (Å²) in [5.41, 5.74) is 2.85. The smallest absolute Gasteiger partial charge is 0.243 e. The molecule has 0 saturated carbocycles. The fourth-order valence-electron chi connectivity index (χ4n) is 3.70. The van der Waals surface area contributed by atoms with Crippen LogP contribution in [-0.2, 0) is 25.9 Å². The van der Waals surface area contributed by atoms with Crippen molar-refractivity contribution in [2.75, 3.05) is 17.5 Å². The molecule has 1 fully saturated rings. The van der Waals surface area contributed by atoms with Crippen LogP contribution in [0.2, 0.25) is 0 Å². The number of nitrogens with zero attached hydrogens (tertiary/aromatic N) is 1. The van der Waals surface area contributed by atoms with Gasteiger partial charge in [0.25, 0.3) is 0 Å². The molecule has 3 aromatic rings. The Labute approximate surface area is 190 Å². The van der Waals surface area contributed by atoms with Crippen LogP contribution in [0.5, 0.6) is 5.75 Å². The highest BCUT2D eigenvalue weighted by atomic mass is 32.2. The lowest BCUT2D eigenvalue weighted by atomic mass is 9.84. The molecule has 0 radical (unpaired) electrons. The Morgan fingerprint density at radius 1 is 0.906 bits per heavy atom. The number of para-hydroxylation sites is 1. The molecule has 1 saturated heterocycles. The van der Waals surface area contributed by atoms with Crippen molar-refractivity contribution in [3.63, 3.8) is 0 Å². The molecule has 1 aliphatic rings. The summed E-state index contributed by atoms with van der Waals surface area (Å²) in [6.45, 7) is 7.52. The van der Waals surface area contributed by atoms with Gasteiger partial charge in [-0.1, -0.05) is 63.2 Å². The van der Waals surface area contributed by atoms with Crippen LogP contribution >= 0.6 is 0 Å². The molecule has 6 heteroatoms. The zero-order valence-corrected chi connectivity index (χ0v) is 19.5. The first kappa shape index (κ1) is 22.4. The Kier molecular flexibility index (Phi) is 6.26. The van der Waals surface area contributed by atoms with Crippen molar-refractivity contribution in [1.82, 2.24) is 0 Å². The Balaban J connectivity index is 1.68. The van der Waals surface area contributed by atoms with Crippen LogP contribution in [0.1, 0.15) is 31.9 Å². The highest BCUT2D eigenvalue weighted by Gasteiger charge is 2.28. The van der Waals surface area contributed by atoms with E-state index in [4.69, 9.17) is 9.47 Å². The van der Waals surface area contributed by atoms with Gasteiger partial charge in [0.2, 0.25) is 10.0 Å². The van der Waals surface area contributed by atoms with Gasteiger partial charge >= 0.3 is 0 Å². The van der Waals surface area contributed by atoms with Gasteiger partial charge < -0.3 is 9.47 Å². The van der Waals surface area contributed by atoms with E-state index >= 15 is 0 Å². The van der Waals surface area contributed by atoms with E-state index in [1.165, 1.54) is 4.31 Å². The average molecular weight is 452 g/mol. The lowest BCUT2D eigenvalue weighted by molar-refractivity contribution is 0.263. The van der Waals surface area contributed by atoms with Crippen molar-refractivity contribution < 1.29 is 17.9 Å². The maximum absolute atomic E-state index is 13.8. The maximum atomic E-state index is 13.8. The molecule has 0 aliphatic carbocycles. The standard InChI is InChI=1S/C26H29NO4S/c1-26(2,3)25-12-8-7-9-20(25)19-32(28,29)27(21-10-5-4-6-11-21)22-13-15-23(16-14-22)30-17-24-18-31-24/h4-16,24H,17-19H2,1-3H3. The quantitative estimate of drug-likeness (QED) is 0.429. The number of epoxide rings is 1. The van der Waals surface area contributed by atoms with E-state index in [0.717, 1.165) is 17.7 Å². The molecule has 4 rings (SSSR count). The predicted octanol–water partition coefficient (Wildman–Crippen LogP) is 5.43. The third-order valence-corrected chi connectivity index (χ3v) is 7.00. The summed E-state index contributed by atoms with van der Waals surface area (Å²) in [6.07, 6.45) is 0.166. The molecule has 5 nitrogen and oxygen atoms in total. The summed E-state index contributed by atoms with van der Waals surface area (Å²) in [7, 11) is -3.72. The summed E-state index contributed by atoms with van der Waals surface area (Å²) >= 11 is 0. The summed E-state index contributed by atoms with van der Waals surface area (Å²) < 4.78 is 39.8. The Hall–Kier alpha value is -2.83. The van der Waals surface area contributed by atoms with Crippen LogP contribution in [0.4, 0.5) is 11.4 Å². The lowest BCUT2D eigenvalue weighted by Crippen LogP contribution is -2.28. The molecule has 1 heterocycles. The van der Waals surface area contributed by atoms with E-state index in [-0.39, 0.29) is 17.3 Å². The fourth-order valence-corrected chi connectivity index (χ4v) is 5.36. The number of rotatable bonds is 8. The minimum atomic E-state index is -3.72. The Morgan fingerprint density at radius 2 is 1.50 bits per heavy atom. The van der Waals surface area contributed by atoms with E-state index in [1.807, 2.05) is 54.6 Å². The molecule has 32 heavy (non-hydrogen) atoms.